The third-order valence-corrected chi connectivity index (χ3v) is 2.71. The molecule has 0 aromatic heterocycles. The van der Waals surface area contributed by atoms with Gasteiger partial charge in [-0.1, -0.05) is 24.3 Å². The fourth-order valence-corrected chi connectivity index (χ4v) is 1.77. The van der Waals surface area contributed by atoms with Gasteiger partial charge in [0.2, 0.25) is 0 Å². The minimum Gasteiger partial charge on any atom is -0.492 e. The molecule has 0 radical (unpaired) electrons. The van der Waals surface area contributed by atoms with Crippen LogP contribution in [0.2, 0.25) is 0 Å². The van der Waals surface area contributed by atoms with E-state index in [0.717, 1.165) is 16.5 Å². The van der Waals surface area contributed by atoms with Gasteiger partial charge in [-0.3, -0.25) is 4.79 Å². The van der Waals surface area contributed by atoms with E-state index in [0.29, 0.717) is 12.3 Å². The summed E-state index contributed by atoms with van der Waals surface area (Å²) in [6.07, 6.45) is 0.231. The first-order chi connectivity index (χ1) is 8.72. The second-order valence-corrected chi connectivity index (χ2v) is 3.87. The molecular weight excluding hydrogens is 230 g/mol. The number of methoxy groups -OCH3 is 1. The number of hydrogen-bond acceptors (Lipinski definition) is 4. The molecule has 0 heterocycles. The number of benzene rings is 2. The van der Waals surface area contributed by atoms with Gasteiger partial charge in [0.1, 0.15) is 5.75 Å². The average Bonchev–Trinajstić information content (AvgIpc) is 2.41. The van der Waals surface area contributed by atoms with Crippen LogP contribution in [-0.4, -0.2) is 19.7 Å². The van der Waals surface area contributed by atoms with Crippen molar-refractivity contribution in [3.05, 3.63) is 36.4 Å². The van der Waals surface area contributed by atoms with Crippen LogP contribution in [0.25, 0.3) is 10.8 Å². The molecule has 2 aromatic carbocycles. The second kappa shape index (κ2) is 5.40. The minimum atomic E-state index is -0.283. The highest BCUT2D eigenvalue weighted by molar-refractivity contribution is 5.96. The van der Waals surface area contributed by atoms with Gasteiger partial charge in [-0.2, -0.15) is 0 Å². The first-order valence-corrected chi connectivity index (χ1v) is 5.69. The second-order valence-electron chi connectivity index (χ2n) is 3.87. The van der Waals surface area contributed by atoms with Crippen molar-refractivity contribution in [2.75, 3.05) is 19.5 Å². The van der Waals surface area contributed by atoms with Crippen LogP contribution >= 0.6 is 0 Å². The van der Waals surface area contributed by atoms with E-state index in [2.05, 4.69) is 4.74 Å². The maximum atomic E-state index is 11.0. The summed E-state index contributed by atoms with van der Waals surface area (Å²) in [5, 5.41) is 1.90. The molecule has 0 spiro atoms. The summed E-state index contributed by atoms with van der Waals surface area (Å²) in [6.45, 7) is 0.292. The van der Waals surface area contributed by atoms with Crippen LogP contribution < -0.4 is 10.5 Å². The third-order valence-electron chi connectivity index (χ3n) is 2.71. The van der Waals surface area contributed by atoms with Crippen LogP contribution in [0.5, 0.6) is 5.75 Å². The van der Waals surface area contributed by atoms with Gasteiger partial charge in [0.15, 0.2) is 0 Å². The van der Waals surface area contributed by atoms with Crippen molar-refractivity contribution in [2.24, 2.45) is 0 Å². The zero-order valence-electron chi connectivity index (χ0n) is 10.2. The SMILES string of the molecule is COC(=O)CCOc1ccc(N)c2ccccc12. The Hall–Kier alpha value is -2.23. The smallest absolute Gasteiger partial charge is 0.308 e. The Morgan fingerprint density at radius 3 is 2.61 bits per heavy atom. The van der Waals surface area contributed by atoms with E-state index in [-0.39, 0.29) is 12.4 Å². The topological polar surface area (TPSA) is 61.5 Å². The molecule has 0 bridgehead atoms. The van der Waals surface area contributed by atoms with E-state index in [1.807, 2.05) is 30.3 Å². The molecule has 0 atom stereocenters. The van der Waals surface area contributed by atoms with E-state index in [9.17, 15) is 4.79 Å². The summed E-state index contributed by atoms with van der Waals surface area (Å²) < 4.78 is 10.1. The molecule has 4 heteroatoms. The minimum absolute atomic E-state index is 0.231. The van der Waals surface area contributed by atoms with E-state index < -0.39 is 0 Å². The van der Waals surface area contributed by atoms with Crippen LogP contribution in [0.4, 0.5) is 5.69 Å². The van der Waals surface area contributed by atoms with E-state index >= 15 is 0 Å². The number of nitrogens with two attached hydrogens (primary N) is 1. The van der Waals surface area contributed by atoms with E-state index in [1.165, 1.54) is 7.11 Å². The molecule has 0 aliphatic heterocycles. The number of carbonyl (C=O) groups excluding carboxylic acids is 1. The summed E-state index contributed by atoms with van der Waals surface area (Å²) in [5.74, 6) is 0.443. The van der Waals surface area contributed by atoms with Crippen LogP contribution in [0, 0.1) is 0 Å². The Kier molecular flexibility index (Phi) is 3.67. The van der Waals surface area contributed by atoms with Gasteiger partial charge < -0.3 is 15.2 Å². The van der Waals surface area contributed by atoms with Gasteiger partial charge in [0, 0.05) is 16.5 Å². The van der Waals surface area contributed by atoms with Crippen LogP contribution in [0.3, 0.4) is 0 Å². The number of esters is 1. The lowest BCUT2D eigenvalue weighted by molar-refractivity contribution is -0.141. The molecule has 2 rings (SSSR count). The van der Waals surface area contributed by atoms with E-state index in [1.54, 1.807) is 6.07 Å². The number of fused-ring (bicyclic) bond motifs is 1. The van der Waals surface area contributed by atoms with Crippen molar-refractivity contribution in [1.82, 2.24) is 0 Å². The molecule has 0 saturated heterocycles. The van der Waals surface area contributed by atoms with Gasteiger partial charge in [-0.25, -0.2) is 0 Å². The van der Waals surface area contributed by atoms with Crippen LogP contribution in [0.15, 0.2) is 36.4 Å². The Labute approximate surface area is 105 Å². The van der Waals surface area contributed by atoms with Crippen molar-refractivity contribution in [2.45, 2.75) is 6.42 Å². The molecule has 0 amide bonds. The number of nitrogen functional groups attached to an aromatic ring is 1. The van der Waals surface area contributed by atoms with Crippen molar-refractivity contribution >= 4 is 22.4 Å². The summed E-state index contributed by atoms with van der Waals surface area (Å²) in [5.41, 5.74) is 6.61. The Morgan fingerprint density at radius 2 is 1.89 bits per heavy atom. The molecule has 0 unspecified atom stereocenters. The lowest BCUT2D eigenvalue weighted by Crippen LogP contribution is -2.07. The molecule has 4 nitrogen and oxygen atoms in total. The largest absolute Gasteiger partial charge is 0.492 e. The molecule has 0 fully saturated rings. The van der Waals surface area contributed by atoms with E-state index in [4.69, 9.17) is 10.5 Å². The van der Waals surface area contributed by atoms with Gasteiger partial charge in [0.25, 0.3) is 0 Å². The van der Waals surface area contributed by atoms with Gasteiger partial charge >= 0.3 is 5.97 Å². The fourth-order valence-electron chi connectivity index (χ4n) is 1.77. The maximum Gasteiger partial charge on any atom is 0.308 e. The highest BCUT2D eigenvalue weighted by atomic mass is 16.5. The summed E-state index contributed by atoms with van der Waals surface area (Å²) in [4.78, 5) is 11.0. The van der Waals surface area contributed by atoms with Gasteiger partial charge in [0.05, 0.1) is 20.1 Å². The standard InChI is InChI=1S/C14H15NO3/c1-17-14(16)8-9-18-13-7-6-12(15)10-4-2-3-5-11(10)13/h2-7H,8-9,15H2,1H3. The van der Waals surface area contributed by atoms with Gasteiger partial charge in [-0.05, 0) is 12.1 Å². The zero-order chi connectivity index (χ0) is 13.0. The van der Waals surface area contributed by atoms with Crippen molar-refractivity contribution < 1.29 is 14.3 Å². The summed E-state index contributed by atoms with van der Waals surface area (Å²) in [6, 6.07) is 11.4. The van der Waals surface area contributed by atoms with Crippen LogP contribution in [0.1, 0.15) is 6.42 Å². The monoisotopic (exact) mass is 245 g/mol. The quantitative estimate of drug-likeness (QED) is 0.663. The van der Waals surface area contributed by atoms with Crippen molar-refractivity contribution in [1.29, 1.82) is 0 Å². The normalized spacial score (nSPS) is 10.3. The zero-order valence-corrected chi connectivity index (χ0v) is 10.2. The van der Waals surface area contributed by atoms with Gasteiger partial charge in [-0.15, -0.1) is 0 Å². The number of rotatable bonds is 4. The van der Waals surface area contributed by atoms with Crippen LogP contribution in [-0.2, 0) is 9.53 Å². The maximum absolute atomic E-state index is 11.0. The fraction of sp³-hybridized carbons (Fsp3) is 0.214. The lowest BCUT2D eigenvalue weighted by Gasteiger charge is -2.10. The first-order valence-electron chi connectivity index (χ1n) is 5.69. The summed E-state index contributed by atoms with van der Waals surface area (Å²) >= 11 is 0. The number of carbonyl (C=O) groups is 1. The predicted molar refractivity (Wildman–Crippen MR) is 70.5 cm³/mol. The molecule has 0 saturated carbocycles. The molecule has 2 N–H and O–H groups in total. The Bertz CT molecular complexity index is 566. The number of hydrogen-bond donors (Lipinski definition) is 1. The third kappa shape index (κ3) is 2.53. The highest BCUT2D eigenvalue weighted by Gasteiger charge is 2.06. The first kappa shape index (κ1) is 12.2. The number of anilines is 1. The number of ether oxygens (including phenoxy) is 2. The molecule has 0 aliphatic rings. The molecular formula is C14H15NO3. The van der Waals surface area contributed by atoms with Crippen molar-refractivity contribution in [3.8, 4) is 5.75 Å². The lowest BCUT2D eigenvalue weighted by atomic mass is 10.1. The van der Waals surface area contributed by atoms with Crippen molar-refractivity contribution in [3.63, 3.8) is 0 Å². The average molecular weight is 245 g/mol. The molecule has 94 valence electrons. The predicted octanol–water partition coefficient (Wildman–Crippen LogP) is 2.36. The Balaban J connectivity index is 2.18. The Morgan fingerprint density at radius 1 is 1.17 bits per heavy atom. The molecule has 2 aromatic rings. The molecule has 0 aliphatic carbocycles. The highest BCUT2D eigenvalue weighted by Crippen LogP contribution is 2.29. The summed E-state index contributed by atoms with van der Waals surface area (Å²) in [7, 11) is 1.36. The molecule has 18 heavy (non-hydrogen) atoms.